The van der Waals surface area contributed by atoms with Gasteiger partial charge in [0.25, 0.3) is 5.91 Å². The molecule has 0 spiro atoms. The van der Waals surface area contributed by atoms with Crippen LogP contribution < -0.4 is 14.8 Å². The van der Waals surface area contributed by atoms with Crippen molar-refractivity contribution >= 4 is 27.6 Å². The SMILES string of the molecule is CC(C)CC(NC(=O)c1ccc2c(c1)OCO2)C(=O)N1CCC2C1C(=O)CN2S(=O)(=O)Cc1ccccn1. The average Bonchev–Trinajstić information content (AvgIpc) is 3.60. The minimum absolute atomic E-state index is 0.0777. The van der Waals surface area contributed by atoms with Crippen LogP contribution in [0.5, 0.6) is 11.5 Å². The molecular formula is C26H30N4O7S. The monoisotopic (exact) mass is 542 g/mol. The Balaban J connectivity index is 1.32. The van der Waals surface area contributed by atoms with Gasteiger partial charge in [-0.1, -0.05) is 19.9 Å². The van der Waals surface area contributed by atoms with Crippen LogP contribution in [0.25, 0.3) is 0 Å². The number of carbonyl (C=O) groups is 3. The van der Waals surface area contributed by atoms with E-state index in [1.807, 2.05) is 13.8 Å². The largest absolute Gasteiger partial charge is 0.454 e. The number of nitrogens with one attached hydrogen (secondary N) is 1. The van der Waals surface area contributed by atoms with Gasteiger partial charge >= 0.3 is 0 Å². The second-order valence-corrected chi connectivity index (χ2v) is 12.1. The van der Waals surface area contributed by atoms with Crippen molar-refractivity contribution in [2.24, 2.45) is 5.92 Å². The zero-order valence-electron chi connectivity index (χ0n) is 21.2. The molecule has 1 N–H and O–H groups in total. The second-order valence-electron chi connectivity index (χ2n) is 10.1. The quantitative estimate of drug-likeness (QED) is 0.528. The topological polar surface area (TPSA) is 135 Å². The van der Waals surface area contributed by atoms with E-state index in [0.717, 1.165) is 0 Å². The van der Waals surface area contributed by atoms with Gasteiger partial charge in [-0.05, 0) is 49.1 Å². The number of carbonyl (C=O) groups excluding carboxylic acids is 3. The Morgan fingerprint density at radius 2 is 1.95 bits per heavy atom. The third-order valence-electron chi connectivity index (χ3n) is 7.02. The lowest BCUT2D eigenvalue weighted by Crippen LogP contribution is -2.53. The molecule has 2 aromatic rings. The summed E-state index contributed by atoms with van der Waals surface area (Å²) in [7, 11) is -3.83. The van der Waals surface area contributed by atoms with Crippen molar-refractivity contribution in [3.63, 3.8) is 0 Å². The van der Waals surface area contributed by atoms with Gasteiger partial charge < -0.3 is 19.7 Å². The number of benzene rings is 1. The van der Waals surface area contributed by atoms with E-state index in [1.165, 1.54) is 15.4 Å². The number of fused-ring (bicyclic) bond motifs is 2. The number of rotatable bonds is 8. The molecule has 5 rings (SSSR count). The van der Waals surface area contributed by atoms with E-state index < -0.39 is 40.0 Å². The summed E-state index contributed by atoms with van der Waals surface area (Å²) < 4.78 is 38.2. The van der Waals surface area contributed by atoms with Crippen molar-refractivity contribution in [3.8, 4) is 11.5 Å². The Morgan fingerprint density at radius 1 is 1.16 bits per heavy atom. The minimum atomic E-state index is -3.83. The highest BCUT2D eigenvalue weighted by Crippen LogP contribution is 2.34. The number of nitrogens with zero attached hydrogens (tertiary/aromatic N) is 3. The highest BCUT2D eigenvalue weighted by molar-refractivity contribution is 7.88. The van der Waals surface area contributed by atoms with E-state index in [-0.39, 0.29) is 37.3 Å². The first-order chi connectivity index (χ1) is 18.1. The van der Waals surface area contributed by atoms with Crippen LogP contribution in [0.3, 0.4) is 0 Å². The third-order valence-corrected chi connectivity index (χ3v) is 8.79. The van der Waals surface area contributed by atoms with Gasteiger partial charge in [-0.15, -0.1) is 0 Å². The molecule has 0 radical (unpaired) electrons. The van der Waals surface area contributed by atoms with Crippen molar-refractivity contribution in [1.29, 1.82) is 0 Å². The van der Waals surface area contributed by atoms with Crippen LogP contribution in [-0.2, 0) is 25.4 Å². The Kier molecular flexibility index (Phi) is 7.10. The van der Waals surface area contributed by atoms with E-state index in [2.05, 4.69) is 10.3 Å². The first kappa shape index (κ1) is 26.1. The number of ether oxygens (including phenoxy) is 2. The van der Waals surface area contributed by atoms with Gasteiger partial charge in [0, 0.05) is 18.3 Å². The summed E-state index contributed by atoms with van der Waals surface area (Å²) in [4.78, 5) is 45.4. The third kappa shape index (κ3) is 5.10. The smallest absolute Gasteiger partial charge is 0.252 e. The van der Waals surface area contributed by atoms with E-state index in [9.17, 15) is 22.8 Å². The predicted octanol–water partition coefficient (Wildman–Crippen LogP) is 1.34. The van der Waals surface area contributed by atoms with Crippen molar-refractivity contribution in [1.82, 2.24) is 19.5 Å². The van der Waals surface area contributed by atoms with Gasteiger partial charge in [0.15, 0.2) is 17.3 Å². The lowest BCUT2D eigenvalue weighted by molar-refractivity contribution is -0.138. The summed E-state index contributed by atoms with van der Waals surface area (Å²) in [5, 5.41) is 2.82. The van der Waals surface area contributed by atoms with Gasteiger partial charge in [0.05, 0.1) is 18.3 Å². The van der Waals surface area contributed by atoms with Crippen LogP contribution in [0.15, 0.2) is 42.6 Å². The zero-order chi connectivity index (χ0) is 27.0. The summed E-state index contributed by atoms with van der Waals surface area (Å²) >= 11 is 0. The molecule has 3 unspecified atom stereocenters. The van der Waals surface area contributed by atoms with Gasteiger partial charge in [-0.3, -0.25) is 19.4 Å². The summed E-state index contributed by atoms with van der Waals surface area (Å²) in [6, 6.07) is 7.43. The highest BCUT2D eigenvalue weighted by Gasteiger charge is 2.54. The Morgan fingerprint density at radius 3 is 2.68 bits per heavy atom. The maximum Gasteiger partial charge on any atom is 0.252 e. The summed E-state index contributed by atoms with van der Waals surface area (Å²) in [6.45, 7) is 3.89. The molecule has 1 aromatic heterocycles. The molecule has 3 aliphatic rings. The molecule has 3 aliphatic heterocycles. The molecule has 0 bridgehead atoms. The summed E-state index contributed by atoms with van der Waals surface area (Å²) in [5.74, 6) is -0.408. The number of aromatic nitrogens is 1. The van der Waals surface area contributed by atoms with Gasteiger partial charge in [0.2, 0.25) is 22.7 Å². The van der Waals surface area contributed by atoms with Crippen molar-refractivity contribution in [2.45, 2.75) is 50.6 Å². The number of likely N-dealkylation sites (tertiary alicyclic amines) is 1. The zero-order valence-corrected chi connectivity index (χ0v) is 22.0. The van der Waals surface area contributed by atoms with Crippen LogP contribution in [-0.4, -0.2) is 78.2 Å². The fourth-order valence-corrected chi connectivity index (χ4v) is 6.98. The van der Waals surface area contributed by atoms with Gasteiger partial charge in [0.1, 0.15) is 17.8 Å². The van der Waals surface area contributed by atoms with Crippen LogP contribution in [0.4, 0.5) is 0 Å². The molecule has 4 heterocycles. The van der Waals surface area contributed by atoms with Crippen molar-refractivity contribution in [2.75, 3.05) is 19.9 Å². The van der Waals surface area contributed by atoms with Crippen LogP contribution in [0.2, 0.25) is 0 Å². The van der Waals surface area contributed by atoms with Crippen LogP contribution >= 0.6 is 0 Å². The lowest BCUT2D eigenvalue weighted by Gasteiger charge is -2.29. The molecule has 11 nitrogen and oxygen atoms in total. The second kappa shape index (κ2) is 10.3. The summed E-state index contributed by atoms with van der Waals surface area (Å²) in [6.07, 6.45) is 2.22. The fraction of sp³-hybridized carbons (Fsp3) is 0.462. The van der Waals surface area contributed by atoms with Crippen LogP contribution in [0.1, 0.15) is 42.7 Å². The molecule has 0 saturated carbocycles. The predicted molar refractivity (Wildman–Crippen MR) is 136 cm³/mol. The average molecular weight is 543 g/mol. The Bertz CT molecular complexity index is 1350. The highest BCUT2D eigenvalue weighted by atomic mass is 32.2. The molecular weight excluding hydrogens is 512 g/mol. The van der Waals surface area contributed by atoms with Gasteiger partial charge in [-0.2, -0.15) is 4.31 Å². The molecule has 0 aliphatic carbocycles. The first-order valence-corrected chi connectivity index (χ1v) is 14.2. The first-order valence-electron chi connectivity index (χ1n) is 12.6. The lowest BCUT2D eigenvalue weighted by atomic mass is 10.0. The molecule has 12 heteroatoms. The van der Waals surface area contributed by atoms with Crippen molar-refractivity contribution in [3.05, 3.63) is 53.9 Å². The maximum atomic E-state index is 13.7. The summed E-state index contributed by atoms with van der Waals surface area (Å²) in [5.41, 5.74) is 0.705. The van der Waals surface area contributed by atoms with Gasteiger partial charge in [-0.25, -0.2) is 8.42 Å². The number of pyridine rings is 1. The van der Waals surface area contributed by atoms with Crippen LogP contribution in [0, 0.1) is 5.92 Å². The Labute approximate surface area is 221 Å². The molecule has 2 saturated heterocycles. The van der Waals surface area contributed by atoms with E-state index in [0.29, 0.717) is 35.6 Å². The van der Waals surface area contributed by atoms with E-state index in [1.54, 1.807) is 36.4 Å². The maximum absolute atomic E-state index is 13.7. The van der Waals surface area contributed by atoms with Crippen molar-refractivity contribution < 1.29 is 32.3 Å². The molecule has 202 valence electrons. The standard InChI is InChI=1S/C26H30N4O7S/c1-16(2)11-19(28-25(32)17-6-7-22-23(12-17)37-15-36-22)26(33)29-10-8-20-24(29)21(31)13-30(20)38(34,35)14-18-5-3-4-9-27-18/h3-7,9,12,16,19-20,24H,8,10-11,13-15H2,1-2H3,(H,28,32). The number of ketones is 1. The number of amides is 2. The number of sulfonamides is 1. The molecule has 2 fully saturated rings. The molecule has 38 heavy (non-hydrogen) atoms. The number of hydrogen-bond acceptors (Lipinski definition) is 8. The molecule has 2 amide bonds. The Hall–Kier alpha value is -3.51. The molecule has 3 atom stereocenters. The molecule has 1 aromatic carbocycles. The number of hydrogen-bond donors (Lipinski definition) is 1. The van der Waals surface area contributed by atoms with E-state index >= 15 is 0 Å². The fourth-order valence-electron chi connectivity index (χ4n) is 5.31. The normalized spacial score (nSPS) is 21.6. The minimum Gasteiger partial charge on any atom is -0.454 e. The number of Topliss-reactive ketones (excluding diaryl/α,β-unsaturated/α-hetero) is 1. The van der Waals surface area contributed by atoms with E-state index in [4.69, 9.17) is 9.47 Å².